The van der Waals surface area contributed by atoms with Crippen LogP contribution in [0, 0.1) is 0 Å². The molecule has 0 spiro atoms. The highest BCUT2D eigenvalue weighted by Gasteiger charge is 2.24. The summed E-state index contributed by atoms with van der Waals surface area (Å²) in [5.41, 5.74) is 7.53. The van der Waals surface area contributed by atoms with Crippen molar-refractivity contribution in [3.63, 3.8) is 0 Å². The second-order valence-electron chi connectivity index (χ2n) is 5.51. The number of rotatable bonds is 3. The number of para-hydroxylation sites is 1. The van der Waals surface area contributed by atoms with Gasteiger partial charge in [0.05, 0.1) is 18.8 Å². The molecule has 0 atom stereocenters. The number of hydrogen-bond acceptors (Lipinski definition) is 4. The van der Waals surface area contributed by atoms with Gasteiger partial charge in [0.1, 0.15) is 18.0 Å². The number of ether oxygens (including phenoxy) is 1. The summed E-state index contributed by atoms with van der Waals surface area (Å²) in [5.74, 6) is 0.845. The Bertz CT molecular complexity index is 498. The Morgan fingerprint density at radius 1 is 1.40 bits per heavy atom. The molecule has 1 fully saturated rings. The molecule has 3 N–H and O–H groups in total. The van der Waals surface area contributed by atoms with Crippen LogP contribution in [0.3, 0.4) is 0 Å². The van der Waals surface area contributed by atoms with E-state index in [2.05, 4.69) is 5.32 Å². The molecule has 1 heterocycles. The number of amides is 1. The van der Waals surface area contributed by atoms with Crippen LogP contribution in [-0.2, 0) is 4.79 Å². The molecule has 1 aliphatic heterocycles. The first-order valence-corrected chi connectivity index (χ1v) is 7.29. The summed E-state index contributed by atoms with van der Waals surface area (Å²) in [6, 6.07) is 5.97. The molecule has 5 nitrogen and oxygen atoms in total. The Morgan fingerprint density at radius 2 is 2.20 bits per heavy atom. The summed E-state index contributed by atoms with van der Waals surface area (Å²) in [6.07, 6.45) is 4.65. The molecular weight excluding hydrogens is 254 g/mol. The fourth-order valence-corrected chi connectivity index (χ4v) is 3.05. The fourth-order valence-electron chi connectivity index (χ4n) is 3.05. The number of hydrogen-bond donors (Lipinski definition) is 2. The van der Waals surface area contributed by atoms with Gasteiger partial charge in [-0.3, -0.25) is 4.79 Å². The van der Waals surface area contributed by atoms with E-state index in [1.807, 2.05) is 23.1 Å². The van der Waals surface area contributed by atoms with Crippen molar-refractivity contribution in [2.24, 2.45) is 0 Å². The molecule has 5 heteroatoms. The lowest BCUT2D eigenvalue weighted by Gasteiger charge is -2.32. The van der Waals surface area contributed by atoms with Gasteiger partial charge >= 0.3 is 0 Å². The van der Waals surface area contributed by atoms with Crippen LogP contribution >= 0.6 is 0 Å². The molecule has 0 radical (unpaired) electrons. The van der Waals surface area contributed by atoms with Crippen molar-refractivity contribution < 1.29 is 9.53 Å². The Hall–Kier alpha value is -1.91. The topological polar surface area (TPSA) is 67.6 Å². The molecule has 1 aromatic rings. The third kappa shape index (κ3) is 2.66. The molecular formula is C15H21N3O2. The van der Waals surface area contributed by atoms with Crippen LogP contribution in [0.2, 0.25) is 0 Å². The van der Waals surface area contributed by atoms with E-state index in [9.17, 15) is 4.79 Å². The van der Waals surface area contributed by atoms with Crippen molar-refractivity contribution in [3.05, 3.63) is 18.2 Å². The summed E-state index contributed by atoms with van der Waals surface area (Å²) < 4.78 is 5.60. The minimum absolute atomic E-state index is 0.0769. The van der Waals surface area contributed by atoms with Gasteiger partial charge in [-0.05, 0) is 25.0 Å². The van der Waals surface area contributed by atoms with Gasteiger partial charge in [0.2, 0.25) is 5.91 Å². The highest BCUT2D eigenvalue weighted by Crippen LogP contribution is 2.36. The molecule has 0 bridgehead atoms. The van der Waals surface area contributed by atoms with E-state index in [1.165, 1.54) is 12.8 Å². The quantitative estimate of drug-likeness (QED) is 0.821. The largest absolute Gasteiger partial charge is 0.489 e. The van der Waals surface area contributed by atoms with Crippen LogP contribution in [-0.4, -0.2) is 31.6 Å². The molecule has 1 aliphatic carbocycles. The number of nitrogens with one attached hydrogen (secondary N) is 1. The van der Waals surface area contributed by atoms with Gasteiger partial charge in [0.25, 0.3) is 0 Å². The average molecular weight is 275 g/mol. The van der Waals surface area contributed by atoms with E-state index in [0.717, 1.165) is 24.3 Å². The maximum absolute atomic E-state index is 12.2. The normalized spacial score (nSPS) is 18.5. The number of anilines is 2. The predicted octanol–water partition coefficient (Wildman–Crippen LogP) is 1.53. The summed E-state index contributed by atoms with van der Waals surface area (Å²) in [5, 5.41) is 3.11. The maximum atomic E-state index is 12.2. The maximum Gasteiger partial charge on any atom is 0.239 e. The molecule has 3 rings (SSSR count). The number of fused-ring (bicyclic) bond motifs is 1. The zero-order chi connectivity index (χ0) is 13.9. The second kappa shape index (κ2) is 5.61. The smallest absolute Gasteiger partial charge is 0.239 e. The van der Waals surface area contributed by atoms with Crippen molar-refractivity contribution >= 4 is 17.3 Å². The first-order valence-electron chi connectivity index (χ1n) is 7.29. The van der Waals surface area contributed by atoms with Crippen molar-refractivity contribution in [2.45, 2.75) is 31.7 Å². The average Bonchev–Trinajstić information content (AvgIpc) is 2.92. The number of carbonyl (C=O) groups is 1. The zero-order valence-electron chi connectivity index (χ0n) is 11.6. The van der Waals surface area contributed by atoms with Crippen molar-refractivity contribution in [3.8, 4) is 5.75 Å². The van der Waals surface area contributed by atoms with Crippen LogP contribution in [0.15, 0.2) is 18.2 Å². The van der Waals surface area contributed by atoms with Gasteiger partial charge in [0, 0.05) is 6.04 Å². The summed E-state index contributed by atoms with van der Waals surface area (Å²) in [7, 11) is 0. The summed E-state index contributed by atoms with van der Waals surface area (Å²) in [4.78, 5) is 14.2. The van der Waals surface area contributed by atoms with E-state index in [1.54, 1.807) is 0 Å². The van der Waals surface area contributed by atoms with E-state index in [4.69, 9.17) is 10.5 Å². The predicted molar refractivity (Wildman–Crippen MR) is 79.0 cm³/mol. The van der Waals surface area contributed by atoms with E-state index < -0.39 is 0 Å². The molecule has 1 saturated carbocycles. The first-order chi connectivity index (χ1) is 9.74. The van der Waals surface area contributed by atoms with Gasteiger partial charge in [-0.2, -0.15) is 0 Å². The van der Waals surface area contributed by atoms with Crippen LogP contribution in [0.25, 0.3) is 0 Å². The molecule has 20 heavy (non-hydrogen) atoms. The lowest BCUT2D eigenvalue weighted by molar-refractivity contribution is -0.120. The van der Waals surface area contributed by atoms with Gasteiger partial charge in [-0.15, -0.1) is 0 Å². The highest BCUT2D eigenvalue weighted by atomic mass is 16.5. The summed E-state index contributed by atoms with van der Waals surface area (Å²) in [6.45, 7) is 1.63. The Labute approximate surface area is 119 Å². The molecule has 1 aromatic carbocycles. The minimum Gasteiger partial charge on any atom is -0.489 e. The number of benzene rings is 1. The molecule has 0 aromatic heterocycles. The number of carbonyl (C=O) groups excluding carboxylic acids is 1. The second-order valence-corrected chi connectivity index (χ2v) is 5.51. The van der Waals surface area contributed by atoms with Crippen molar-refractivity contribution in [2.75, 3.05) is 30.3 Å². The van der Waals surface area contributed by atoms with Crippen LogP contribution in [0.1, 0.15) is 25.7 Å². The SMILES string of the molecule is Nc1cccc2c1N(CC(=O)NC1CCCC1)CCO2. The van der Waals surface area contributed by atoms with Crippen LogP contribution in [0.4, 0.5) is 11.4 Å². The van der Waals surface area contributed by atoms with Crippen LogP contribution < -0.4 is 20.7 Å². The number of nitrogens with zero attached hydrogens (tertiary/aromatic N) is 1. The highest BCUT2D eigenvalue weighted by molar-refractivity contribution is 5.85. The fraction of sp³-hybridized carbons (Fsp3) is 0.533. The Balaban J connectivity index is 1.68. The molecule has 0 unspecified atom stereocenters. The number of nitrogens with two attached hydrogens (primary N) is 1. The van der Waals surface area contributed by atoms with Crippen molar-refractivity contribution in [1.82, 2.24) is 5.32 Å². The summed E-state index contributed by atoms with van der Waals surface area (Å²) >= 11 is 0. The monoisotopic (exact) mass is 275 g/mol. The molecule has 1 amide bonds. The minimum atomic E-state index is 0.0769. The molecule has 2 aliphatic rings. The van der Waals surface area contributed by atoms with Crippen LogP contribution in [0.5, 0.6) is 5.75 Å². The van der Waals surface area contributed by atoms with Crippen molar-refractivity contribution in [1.29, 1.82) is 0 Å². The molecule has 108 valence electrons. The lowest BCUT2D eigenvalue weighted by atomic mass is 10.2. The Morgan fingerprint density at radius 3 is 3.00 bits per heavy atom. The first kappa shape index (κ1) is 13.1. The third-order valence-electron chi connectivity index (χ3n) is 4.02. The van der Waals surface area contributed by atoms with Gasteiger partial charge in [-0.1, -0.05) is 18.9 Å². The Kier molecular flexibility index (Phi) is 3.67. The van der Waals surface area contributed by atoms with E-state index in [0.29, 0.717) is 31.4 Å². The number of nitrogen functional groups attached to an aromatic ring is 1. The molecule has 0 saturated heterocycles. The standard InChI is InChI=1S/C15H21N3O2/c16-12-6-3-7-13-15(12)18(8-9-20-13)10-14(19)17-11-4-1-2-5-11/h3,6-7,11H,1-2,4-5,8-10,16H2,(H,17,19). The van der Waals surface area contributed by atoms with Gasteiger partial charge in [0.15, 0.2) is 0 Å². The van der Waals surface area contributed by atoms with Gasteiger partial charge < -0.3 is 20.7 Å². The van der Waals surface area contributed by atoms with E-state index in [-0.39, 0.29) is 5.91 Å². The zero-order valence-corrected chi connectivity index (χ0v) is 11.6. The van der Waals surface area contributed by atoms with Gasteiger partial charge in [-0.25, -0.2) is 0 Å². The lowest BCUT2D eigenvalue weighted by Crippen LogP contribution is -2.44. The third-order valence-corrected chi connectivity index (χ3v) is 4.02. The van der Waals surface area contributed by atoms with E-state index >= 15 is 0 Å².